The van der Waals surface area contributed by atoms with E-state index in [9.17, 15) is 13.2 Å². The van der Waals surface area contributed by atoms with E-state index in [1.807, 2.05) is 60.7 Å². The van der Waals surface area contributed by atoms with Crippen LogP contribution in [-0.4, -0.2) is 20.4 Å². The molecule has 29 heavy (non-hydrogen) atoms. The molecule has 0 saturated heterocycles. The van der Waals surface area contributed by atoms with Crippen LogP contribution in [0.3, 0.4) is 0 Å². The number of sulfonamides is 1. The molecule has 1 aliphatic rings. The van der Waals surface area contributed by atoms with Gasteiger partial charge in [-0.2, -0.15) is 0 Å². The maximum Gasteiger partial charge on any atom is 0.270 e. The third-order valence-electron chi connectivity index (χ3n) is 4.55. The Balaban J connectivity index is 1.60. The Morgan fingerprint density at radius 1 is 0.828 bits per heavy atom. The van der Waals surface area contributed by atoms with Gasteiger partial charge in [0.15, 0.2) is 0 Å². The first-order valence-electron chi connectivity index (χ1n) is 9.36. The van der Waals surface area contributed by atoms with Crippen molar-refractivity contribution in [2.45, 2.75) is 23.8 Å². The van der Waals surface area contributed by atoms with Crippen LogP contribution in [0.4, 0.5) is 11.4 Å². The zero-order valence-electron chi connectivity index (χ0n) is 15.7. The molecule has 3 aromatic rings. The number of carbonyl (C=O) groups excluding carboxylic acids is 1. The van der Waals surface area contributed by atoms with Crippen LogP contribution < -0.4 is 15.2 Å². The quantitative estimate of drug-likeness (QED) is 0.587. The molecule has 0 atom stereocenters. The van der Waals surface area contributed by atoms with Crippen molar-refractivity contribution in [3.63, 3.8) is 0 Å². The molecule has 0 aromatic heterocycles. The van der Waals surface area contributed by atoms with Gasteiger partial charge >= 0.3 is 0 Å². The molecule has 0 unspecified atom stereocenters. The number of carbonyl (C=O) groups is 1. The fourth-order valence-corrected chi connectivity index (χ4v) is 4.24. The highest BCUT2D eigenvalue weighted by atomic mass is 32.2. The van der Waals surface area contributed by atoms with Crippen LogP contribution in [-0.2, 0) is 10.0 Å². The van der Waals surface area contributed by atoms with Gasteiger partial charge in [0.1, 0.15) is 0 Å². The fourth-order valence-electron chi connectivity index (χ4n) is 2.89. The number of hydrogen-bond donors (Lipinski definition) is 2. The van der Waals surface area contributed by atoms with Crippen LogP contribution >= 0.6 is 0 Å². The normalized spacial score (nSPS) is 13.7. The average Bonchev–Trinajstić information content (AvgIpc) is 3.56. The number of amides is 1. The lowest BCUT2D eigenvalue weighted by Gasteiger charge is -2.25. The summed E-state index contributed by atoms with van der Waals surface area (Å²) < 4.78 is 27.6. The Bertz CT molecular complexity index is 1060. The minimum absolute atomic E-state index is 0.00383. The Kier molecular flexibility index (Phi) is 5.33. The number of nitrogens with zero attached hydrogens (tertiary/aromatic N) is 1. The fraction of sp³-hybridized carbons (Fsp3) is 0.136. The molecular formula is C22H21N3O3S. The number of anilines is 2. The number of rotatable bonds is 7. The predicted octanol–water partition coefficient (Wildman–Crippen LogP) is 3.61. The SMILES string of the molecule is O=C(NN(c1ccccc1)c1ccccc1)c1cccc(S(=O)(=O)NC2CC2)c1. The zero-order valence-corrected chi connectivity index (χ0v) is 16.5. The van der Waals surface area contributed by atoms with Gasteiger partial charge in [-0.1, -0.05) is 42.5 Å². The lowest BCUT2D eigenvalue weighted by molar-refractivity contribution is 0.0953. The minimum Gasteiger partial charge on any atom is -0.267 e. The summed E-state index contributed by atoms with van der Waals surface area (Å²) in [6, 6.07) is 24.9. The summed E-state index contributed by atoms with van der Waals surface area (Å²) in [7, 11) is -3.63. The second-order valence-electron chi connectivity index (χ2n) is 6.87. The van der Waals surface area contributed by atoms with E-state index in [0.29, 0.717) is 0 Å². The third-order valence-corrected chi connectivity index (χ3v) is 6.07. The molecule has 0 heterocycles. The van der Waals surface area contributed by atoms with Gasteiger partial charge in [-0.3, -0.25) is 15.2 Å². The van der Waals surface area contributed by atoms with Crippen molar-refractivity contribution >= 4 is 27.3 Å². The number of hydrogen-bond acceptors (Lipinski definition) is 4. The van der Waals surface area contributed by atoms with Crippen LogP contribution in [0, 0.1) is 0 Å². The molecule has 7 heteroatoms. The third kappa shape index (κ3) is 4.64. The summed E-state index contributed by atoms with van der Waals surface area (Å²) in [5.74, 6) is -0.402. The van der Waals surface area contributed by atoms with Gasteiger partial charge in [0.2, 0.25) is 10.0 Å². The molecule has 0 spiro atoms. The largest absolute Gasteiger partial charge is 0.270 e. The maximum atomic E-state index is 12.9. The van der Waals surface area contributed by atoms with Gasteiger partial charge < -0.3 is 0 Å². The monoisotopic (exact) mass is 407 g/mol. The van der Waals surface area contributed by atoms with E-state index in [4.69, 9.17) is 0 Å². The van der Waals surface area contributed by atoms with Crippen molar-refractivity contribution in [1.82, 2.24) is 10.1 Å². The van der Waals surface area contributed by atoms with E-state index >= 15 is 0 Å². The van der Waals surface area contributed by atoms with Gasteiger partial charge in [0.25, 0.3) is 5.91 Å². The van der Waals surface area contributed by atoms with Crippen LogP contribution in [0.15, 0.2) is 89.8 Å². The van der Waals surface area contributed by atoms with Crippen LogP contribution in [0.5, 0.6) is 0 Å². The summed E-state index contributed by atoms with van der Waals surface area (Å²) in [6.45, 7) is 0. The summed E-state index contributed by atoms with van der Waals surface area (Å²) in [4.78, 5) is 13.0. The minimum atomic E-state index is -3.63. The van der Waals surface area contributed by atoms with Crippen molar-refractivity contribution in [2.75, 3.05) is 5.01 Å². The molecule has 0 aliphatic heterocycles. The van der Waals surface area contributed by atoms with E-state index in [1.54, 1.807) is 17.1 Å². The highest BCUT2D eigenvalue weighted by molar-refractivity contribution is 7.89. The van der Waals surface area contributed by atoms with Crippen molar-refractivity contribution in [1.29, 1.82) is 0 Å². The zero-order chi connectivity index (χ0) is 20.3. The number of hydrazine groups is 1. The van der Waals surface area contributed by atoms with Gasteiger partial charge in [-0.15, -0.1) is 0 Å². The van der Waals surface area contributed by atoms with E-state index < -0.39 is 15.9 Å². The molecule has 148 valence electrons. The van der Waals surface area contributed by atoms with Gasteiger partial charge in [-0.25, -0.2) is 13.1 Å². The average molecular weight is 407 g/mol. The van der Waals surface area contributed by atoms with Gasteiger partial charge in [-0.05, 0) is 55.3 Å². The standard InChI is InChI=1S/C22H21N3O3S/c26-22(17-8-7-13-21(16-17)29(27,28)24-18-14-15-18)23-25(19-9-3-1-4-10-19)20-11-5-2-6-12-20/h1-13,16,18,24H,14-15H2,(H,23,26). The topological polar surface area (TPSA) is 78.5 Å². The lowest BCUT2D eigenvalue weighted by Crippen LogP contribution is -2.39. The molecule has 2 N–H and O–H groups in total. The smallest absolute Gasteiger partial charge is 0.267 e. The summed E-state index contributed by atoms with van der Waals surface area (Å²) >= 11 is 0. The summed E-state index contributed by atoms with van der Waals surface area (Å²) in [6.07, 6.45) is 1.70. The van der Waals surface area contributed by atoms with E-state index in [0.717, 1.165) is 24.2 Å². The van der Waals surface area contributed by atoms with Crippen molar-refractivity contribution in [3.8, 4) is 0 Å². The molecule has 0 radical (unpaired) electrons. The molecule has 1 saturated carbocycles. The lowest BCUT2D eigenvalue weighted by atomic mass is 10.2. The first kappa shape index (κ1) is 19.2. The van der Waals surface area contributed by atoms with E-state index in [-0.39, 0.29) is 16.5 Å². The van der Waals surface area contributed by atoms with E-state index in [2.05, 4.69) is 10.1 Å². The maximum absolute atomic E-state index is 12.9. The molecular weight excluding hydrogens is 386 g/mol. The number of para-hydroxylation sites is 2. The Labute approximate surface area is 170 Å². The van der Waals surface area contributed by atoms with Gasteiger partial charge in [0, 0.05) is 11.6 Å². The van der Waals surface area contributed by atoms with Crippen LogP contribution in [0.1, 0.15) is 23.2 Å². The highest BCUT2D eigenvalue weighted by Crippen LogP contribution is 2.24. The molecule has 6 nitrogen and oxygen atoms in total. The Hall–Kier alpha value is -3.16. The summed E-state index contributed by atoms with van der Waals surface area (Å²) in [5.41, 5.74) is 4.71. The molecule has 3 aromatic carbocycles. The number of benzene rings is 3. The molecule has 4 rings (SSSR count). The molecule has 1 fully saturated rings. The first-order chi connectivity index (χ1) is 14.0. The number of nitrogens with one attached hydrogen (secondary N) is 2. The van der Waals surface area contributed by atoms with E-state index in [1.165, 1.54) is 12.1 Å². The van der Waals surface area contributed by atoms with Gasteiger partial charge in [0.05, 0.1) is 16.3 Å². The Morgan fingerprint density at radius 3 is 1.97 bits per heavy atom. The van der Waals surface area contributed by atoms with Crippen molar-refractivity contribution < 1.29 is 13.2 Å². The first-order valence-corrected chi connectivity index (χ1v) is 10.8. The molecule has 1 aliphatic carbocycles. The summed E-state index contributed by atoms with van der Waals surface area (Å²) in [5, 5.41) is 1.67. The van der Waals surface area contributed by atoms with Crippen LogP contribution in [0.2, 0.25) is 0 Å². The predicted molar refractivity (Wildman–Crippen MR) is 112 cm³/mol. The van der Waals surface area contributed by atoms with Crippen molar-refractivity contribution in [2.24, 2.45) is 0 Å². The van der Waals surface area contributed by atoms with Crippen LogP contribution in [0.25, 0.3) is 0 Å². The molecule has 0 bridgehead atoms. The molecule has 1 amide bonds. The van der Waals surface area contributed by atoms with Crippen molar-refractivity contribution in [3.05, 3.63) is 90.5 Å². The second-order valence-corrected chi connectivity index (χ2v) is 8.58. The Morgan fingerprint density at radius 2 is 1.41 bits per heavy atom. The second kappa shape index (κ2) is 8.06. The highest BCUT2D eigenvalue weighted by Gasteiger charge is 2.28.